The SMILES string of the molecule is C1=CCC(N(c2ccccc2)c2ccccc2)=C1. The highest BCUT2D eigenvalue weighted by molar-refractivity contribution is 5.69. The van der Waals surface area contributed by atoms with Crippen LogP contribution in [0.5, 0.6) is 0 Å². The molecule has 0 aromatic heterocycles. The fourth-order valence-electron chi connectivity index (χ4n) is 2.24. The maximum absolute atomic E-state index is 2.31. The summed E-state index contributed by atoms with van der Waals surface area (Å²) in [4.78, 5) is 2.31. The van der Waals surface area contributed by atoms with Crippen molar-refractivity contribution < 1.29 is 0 Å². The zero-order chi connectivity index (χ0) is 12.2. The molecule has 0 heterocycles. The summed E-state index contributed by atoms with van der Waals surface area (Å²) in [6.45, 7) is 0. The van der Waals surface area contributed by atoms with Crippen LogP contribution in [0.15, 0.2) is 84.6 Å². The van der Waals surface area contributed by atoms with Gasteiger partial charge in [-0.15, -0.1) is 0 Å². The molecule has 0 saturated carbocycles. The second-order valence-electron chi connectivity index (χ2n) is 4.30. The highest BCUT2D eigenvalue weighted by Gasteiger charge is 2.14. The Labute approximate surface area is 108 Å². The molecule has 0 spiro atoms. The lowest BCUT2D eigenvalue weighted by molar-refractivity contribution is 1.10. The number of benzene rings is 2. The minimum atomic E-state index is 0.990. The normalized spacial score (nSPS) is 13.4. The first-order valence-electron chi connectivity index (χ1n) is 6.21. The molecule has 1 heteroatoms. The summed E-state index contributed by atoms with van der Waals surface area (Å²) in [5.74, 6) is 0. The van der Waals surface area contributed by atoms with Crippen molar-refractivity contribution in [3.05, 3.63) is 84.6 Å². The summed E-state index contributed by atoms with van der Waals surface area (Å²) < 4.78 is 0. The van der Waals surface area contributed by atoms with Crippen LogP contribution in [0.2, 0.25) is 0 Å². The first kappa shape index (κ1) is 10.8. The number of hydrogen-bond acceptors (Lipinski definition) is 1. The van der Waals surface area contributed by atoms with Gasteiger partial charge in [0.2, 0.25) is 0 Å². The Morgan fingerprint density at radius 3 is 1.72 bits per heavy atom. The van der Waals surface area contributed by atoms with Gasteiger partial charge in [-0.3, -0.25) is 0 Å². The third-order valence-corrected chi connectivity index (χ3v) is 3.07. The van der Waals surface area contributed by atoms with Gasteiger partial charge in [-0.1, -0.05) is 48.6 Å². The molecule has 0 unspecified atom stereocenters. The van der Waals surface area contributed by atoms with E-state index in [4.69, 9.17) is 0 Å². The van der Waals surface area contributed by atoms with E-state index >= 15 is 0 Å². The molecule has 0 saturated heterocycles. The van der Waals surface area contributed by atoms with Crippen LogP contribution < -0.4 is 4.90 Å². The molecule has 0 radical (unpaired) electrons. The summed E-state index contributed by atoms with van der Waals surface area (Å²) in [6.07, 6.45) is 7.48. The van der Waals surface area contributed by atoms with E-state index in [-0.39, 0.29) is 0 Å². The van der Waals surface area contributed by atoms with E-state index in [1.54, 1.807) is 0 Å². The second-order valence-corrected chi connectivity index (χ2v) is 4.30. The largest absolute Gasteiger partial charge is 0.314 e. The van der Waals surface area contributed by atoms with Crippen molar-refractivity contribution in [1.29, 1.82) is 0 Å². The van der Waals surface area contributed by atoms with Gasteiger partial charge in [-0.25, -0.2) is 0 Å². The first-order valence-corrected chi connectivity index (χ1v) is 6.21. The molecule has 1 nitrogen and oxygen atoms in total. The minimum Gasteiger partial charge on any atom is -0.314 e. The highest BCUT2D eigenvalue weighted by Crippen LogP contribution is 2.32. The Morgan fingerprint density at radius 2 is 1.28 bits per heavy atom. The second kappa shape index (κ2) is 4.92. The van der Waals surface area contributed by atoms with Crippen molar-refractivity contribution in [3.8, 4) is 0 Å². The predicted octanol–water partition coefficient (Wildman–Crippen LogP) is 4.67. The lowest BCUT2D eigenvalue weighted by Gasteiger charge is -2.26. The molecule has 0 amide bonds. The van der Waals surface area contributed by atoms with E-state index in [1.165, 1.54) is 17.1 Å². The molecule has 2 aromatic carbocycles. The quantitative estimate of drug-likeness (QED) is 0.744. The molecular weight excluding hydrogens is 218 g/mol. The number of anilines is 2. The van der Waals surface area contributed by atoms with Crippen LogP contribution >= 0.6 is 0 Å². The molecule has 1 aliphatic carbocycles. The van der Waals surface area contributed by atoms with Crippen LogP contribution in [-0.4, -0.2) is 0 Å². The van der Waals surface area contributed by atoms with E-state index in [0.29, 0.717) is 0 Å². The van der Waals surface area contributed by atoms with Crippen LogP contribution in [0.1, 0.15) is 6.42 Å². The third-order valence-electron chi connectivity index (χ3n) is 3.07. The minimum absolute atomic E-state index is 0.990. The van der Waals surface area contributed by atoms with Gasteiger partial charge in [-0.2, -0.15) is 0 Å². The fourth-order valence-corrected chi connectivity index (χ4v) is 2.24. The molecule has 88 valence electrons. The van der Waals surface area contributed by atoms with Gasteiger partial charge in [0.25, 0.3) is 0 Å². The standard InChI is InChI=1S/C17H15N/c1-3-9-15(10-4-1)18(17-13-7-8-14-17)16-11-5-2-6-12-16/h1-13H,14H2. The molecule has 2 aromatic rings. The maximum atomic E-state index is 2.31. The molecule has 1 aliphatic rings. The zero-order valence-electron chi connectivity index (χ0n) is 10.2. The van der Waals surface area contributed by atoms with Crippen molar-refractivity contribution in [2.75, 3.05) is 4.90 Å². The summed E-state index contributed by atoms with van der Waals surface area (Å²) >= 11 is 0. The monoisotopic (exact) mass is 233 g/mol. The number of hydrogen-bond donors (Lipinski definition) is 0. The summed E-state index contributed by atoms with van der Waals surface area (Å²) in [7, 11) is 0. The van der Waals surface area contributed by atoms with Gasteiger partial charge in [-0.05, 0) is 30.3 Å². The summed E-state index contributed by atoms with van der Waals surface area (Å²) in [6, 6.07) is 21.0. The number of nitrogens with zero attached hydrogens (tertiary/aromatic N) is 1. The van der Waals surface area contributed by atoms with E-state index in [0.717, 1.165) is 6.42 Å². The number of para-hydroxylation sites is 2. The van der Waals surface area contributed by atoms with Gasteiger partial charge in [0.15, 0.2) is 0 Å². The fraction of sp³-hybridized carbons (Fsp3) is 0.0588. The molecular formula is C17H15N. The lowest BCUT2D eigenvalue weighted by Crippen LogP contribution is -2.14. The Kier molecular flexibility index (Phi) is 2.97. The molecule has 0 atom stereocenters. The van der Waals surface area contributed by atoms with Crippen molar-refractivity contribution in [2.24, 2.45) is 0 Å². The van der Waals surface area contributed by atoms with Crippen molar-refractivity contribution in [1.82, 2.24) is 0 Å². The topological polar surface area (TPSA) is 3.24 Å². The van der Waals surface area contributed by atoms with Gasteiger partial charge in [0.05, 0.1) is 0 Å². The van der Waals surface area contributed by atoms with Gasteiger partial charge in [0, 0.05) is 23.5 Å². The van der Waals surface area contributed by atoms with E-state index in [2.05, 4.69) is 71.7 Å². The summed E-state index contributed by atoms with van der Waals surface area (Å²) in [5.41, 5.74) is 3.73. The van der Waals surface area contributed by atoms with Gasteiger partial charge in [0.1, 0.15) is 0 Å². The Hall–Kier alpha value is -2.28. The van der Waals surface area contributed by atoms with Crippen molar-refractivity contribution in [2.45, 2.75) is 6.42 Å². The van der Waals surface area contributed by atoms with Crippen LogP contribution in [0, 0.1) is 0 Å². The van der Waals surface area contributed by atoms with Crippen LogP contribution in [0.25, 0.3) is 0 Å². The van der Waals surface area contributed by atoms with Gasteiger partial charge < -0.3 is 4.90 Å². The molecule has 3 rings (SSSR count). The van der Waals surface area contributed by atoms with E-state index in [9.17, 15) is 0 Å². The molecule has 18 heavy (non-hydrogen) atoms. The van der Waals surface area contributed by atoms with Crippen LogP contribution in [0.4, 0.5) is 11.4 Å². The smallest absolute Gasteiger partial charge is 0.0458 e. The Balaban J connectivity index is 2.05. The third kappa shape index (κ3) is 2.07. The molecule has 0 bridgehead atoms. The average molecular weight is 233 g/mol. The number of rotatable bonds is 3. The molecule has 0 N–H and O–H groups in total. The first-order chi connectivity index (χ1) is 8.95. The Morgan fingerprint density at radius 1 is 0.722 bits per heavy atom. The van der Waals surface area contributed by atoms with Gasteiger partial charge >= 0.3 is 0 Å². The number of allylic oxidation sites excluding steroid dienone is 3. The highest BCUT2D eigenvalue weighted by atomic mass is 15.1. The predicted molar refractivity (Wildman–Crippen MR) is 76.9 cm³/mol. The molecule has 0 aliphatic heterocycles. The molecule has 0 fully saturated rings. The van der Waals surface area contributed by atoms with E-state index < -0.39 is 0 Å². The summed E-state index contributed by atoms with van der Waals surface area (Å²) in [5, 5.41) is 0. The van der Waals surface area contributed by atoms with Crippen LogP contribution in [0.3, 0.4) is 0 Å². The van der Waals surface area contributed by atoms with Crippen LogP contribution in [-0.2, 0) is 0 Å². The van der Waals surface area contributed by atoms with E-state index in [1.807, 2.05) is 12.1 Å². The average Bonchev–Trinajstić information content (AvgIpc) is 2.95. The lowest BCUT2D eigenvalue weighted by atomic mass is 10.2. The van der Waals surface area contributed by atoms with Crippen molar-refractivity contribution >= 4 is 11.4 Å². The zero-order valence-corrected chi connectivity index (χ0v) is 10.2. The maximum Gasteiger partial charge on any atom is 0.0458 e. The van der Waals surface area contributed by atoms with Crippen molar-refractivity contribution in [3.63, 3.8) is 0 Å². The Bertz CT molecular complexity index is 528.